The maximum atomic E-state index is 11.8. The van der Waals surface area contributed by atoms with Crippen LogP contribution in [0.3, 0.4) is 0 Å². The SMILES string of the molecule is CNC(=O)c1ccc(CN(Cc2ccco2)Cc2nc(-c3ccc4c(c3)OCO4)no2)cc1. The summed E-state index contributed by atoms with van der Waals surface area (Å²) in [6.07, 6.45) is 1.65. The van der Waals surface area contributed by atoms with Crippen molar-refractivity contribution >= 4 is 5.91 Å². The number of benzene rings is 2. The lowest BCUT2D eigenvalue weighted by Crippen LogP contribution is -2.22. The van der Waals surface area contributed by atoms with Crippen molar-refractivity contribution in [1.29, 1.82) is 0 Å². The number of hydrogen-bond donors (Lipinski definition) is 1. The highest BCUT2D eigenvalue weighted by Crippen LogP contribution is 2.35. The molecule has 2 aromatic carbocycles. The van der Waals surface area contributed by atoms with Gasteiger partial charge >= 0.3 is 0 Å². The zero-order valence-electron chi connectivity index (χ0n) is 18.0. The van der Waals surface area contributed by atoms with Crippen LogP contribution in [-0.2, 0) is 19.6 Å². The average Bonchev–Trinajstić information content (AvgIpc) is 3.60. The van der Waals surface area contributed by atoms with Crippen LogP contribution in [0, 0.1) is 0 Å². The van der Waals surface area contributed by atoms with E-state index in [1.807, 2.05) is 54.6 Å². The second-order valence-corrected chi connectivity index (χ2v) is 7.58. The van der Waals surface area contributed by atoms with Gasteiger partial charge in [-0.2, -0.15) is 4.98 Å². The van der Waals surface area contributed by atoms with Gasteiger partial charge in [0.1, 0.15) is 5.76 Å². The molecule has 0 unspecified atom stereocenters. The summed E-state index contributed by atoms with van der Waals surface area (Å²) in [4.78, 5) is 18.5. The number of amides is 1. The van der Waals surface area contributed by atoms with Crippen molar-refractivity contribution in [3.63, 3.8) is 0 Å². The molecule has 1 amide bonds. The minimum Gasteiger partial charge on any atom is -0.468 e. The quantitative estimate of drug-likeness (QED) is 0.438. The second-order valence-electron chi connectivity index (χ2n) is 7.58. The van der Waals surface area contributed by atoms with Crippen molar-refractivity contribution in [3.05, 3.63) is 83.6 Å². The van der Waals surface area contributed by atoms with Crippen molar-refractivity contribution in [3.8, 4) is 22.9 Å². The van der Waals surface area contributed by atoms with E-state index in [-0.39, 0.29) is 12.7 Å². The normalized spacial score (nSPS) is 12.3. The van der Waals surface area contributed by atoms with Crippen LogP contribution in [0.1, 0.15) is 27.6 Å². The summed E-state index contributed by atoms with van der Waals surface area (Å²) in [6, 6.07) is 16.8. The molecule has 0 saturated carbocycles. The highest BCUT2D eigenvalue weighted by Gasteiger charge is 2.18. The summed E-state index contributed by atoms with van der Waals surface area (Å²) in [7, 11) is 1.61. The lowest BCUT2D eigenvalue weighted by molar-refractivity contribution is 0.0963. The molecule has 9 heteroatoms. The maximum absolute atomic E-state index is 11.8. The third-order valence-electron chi connectivity index (χ3n) is 5.27. The molecular formula is C24H22N4O5. The summed E-state index contributed by atoms with van der Waals surface area (Å²) >= 11 is 0. The number of carbonyl (C=O) groups is 1. The van der Waals surface area contributed by atoms with E-state index in [4.69, 9.17) is 18.4 Å². The number of fused-ring (bicyclic) bond motifs is 1. The lowest BCUT2D eigenvalue weighted by atomic mass is 10.1. The van der Waals surface area contributed by atoms with Gasteiger partial charge in [0, 0.05) is 24.7 Å². The zero-order valence-corrected chi connectivity index (χ0v) is 18.0. The predicted octanol–water partition coefficient (Wildman–Crippen LogP) is 3.62. The number of carbonyl (C=O) groups excluding carboxylic acids is 1. The molecule has 0 atom stereocenters. The van der Waals surface area contributed by atoms with Crippen LogP contribution < -0.4 is 14.8 Å². The second kappa shape index (κ2) is 9.17. The molecule has 0 saturated heterocycles. The summed E-state index contributed by atoms with van der Waals surface area (Å²) in [5.41, 5.74) is 2.45. The fraction of sp³-hybridized carbons (Fsp3) is 0.208. The number of nitrogens with one attached hydrogen (secondary N) is 1. The first-order chi connectivity index (χ1) is 16.2. The first-order valence-corrected chi connectivity index (χ1v) is 10.5. The van der Waals surface area contributed by atoms with E-state index in [9.17, 15) is 4.79 Å². The van der Waals surface area contributed by atoms with Gasteiger partial charge in [0.05, 0.1) is 19.4 Å². The van der Waals surface area contributed by atoms with Gasteiger partial charge < -0.3 is 23.7 Å². The molecule has 0 radical (unpaired) electrons. The van der Waals surface area contributed by atoms with Gasteiger partial charge in [-0.25, -0.2) is 0 Å². The van der Waals surface area contributed by atoms with Crippen LogP contribution in [0.2, 0.25) is 0 Å². The molecule has 3 heterocycles. The predicted molar refractivity (Wildman–Crippen MR) is 117 cm³/mol. The van der Waals surface area contributed by atoms with E-state index >= 15 is 0 Å². The number of furan rings is 1. The third-order valence-corrected chi connectivity index (χ3v) is 5.27. The molecule has 1 aliphatic heterocycles. The number of hydrogen-bond acceptors (Lipinski definition) is 8. The van der Waals surface area contributed by atoms with E-state index in [0.717, 1.165) is 16.9 Å². The van der Waals surface area contributed by atoms with Crippen LogP contribution in [0.5, 0.6) is 11.5 Å². The third kappa shape index (κ3) is 4.73. The van der Waals surface area contributed by atoms with E-state index in [1.165, 1.54) is 0 Å². The topological polar surface area (TPSA) is 103 Å². The first-order valence-electron chi connectivity index (χ1n) is 10.5. The highest BCUT2D eigenvalue weighted by atomic mass is 16.7. The Hall–Kier alpha value is -4.11. The molecule has 168 valence electrons. The monoisotopic (exact) mass is 446 g/mol. The van der Waals surface area contributed by atoms with Gasteiger partial charge in [0.25, 0.3) is 5.91 Å². The molecule has 1 aliphatic rings. The van der Waals surface area contributed by atoms with E-state index in [0.29, 0.717) is 48.4 Å². The van der Waals surface area contributed by atoms with Crippen LogP contribution in [0.15, 0.2) is 69.8 Å². The Morgan fingerprint density at radius 2 is 1.88 bits per heavy atom. The summed E-state index contributed by atoms with van der Waals surface area (Å²) in [6.45, 7) is 1.81. The average molecular weight is 446 g/mol. The Bertz CT molecular complexity index is 1230. The number of rotatable bonds is 8. The molecule has 5 rings (SSSR count). The van der Waals surface area contributed by atoms with Crippen molar-refractivity contribution in [2.75, 3.05) is 13.8 Å². The molecule has 9 nitrogen and oxygen atoms in total. The van der Waals surface area contributed by atoms with Crippen LogP contribution >= 0.6 is 0 Å². The number of ether oxygens (including phenoxy) is 2. The van der Waals surface area contributed by atoms with E-state index in [2.05, 4.69) is 20.4 Å². The standard InChI is InChI=1S/C24H22N4O5/c1-25-24(29)17-6-4-16(5-7-17)12-28(13-19-3-2-10-30-19)14-22-26-23(27-33-22)18-8-9-20-21(11-18)32-15-31-20/h2-11H,12-15H2,1H3,(H,25,29). The van der Waals surface area contributed by atoms with E-state index in [1.54, 1.807) is 13.3 Å². The van der Waals surface area contributed by atoms with Crippen molar-refractivity contribution in [1.82, 2.24) is 20.4 Å². The van der Waals surface area contributed by atoms with Gasteiger partial charge in [-0.15, -0.1) is 0 Å². The molecule has 33 heavy (non-hydrogen) atoms. The zero-order chi connectivity index (χ0) is 22.6. The summed E-state index contributed by atoms with van der Waals surface area (Å²) < 4.78 is 21.9. The van der Waals surface area contributed by atoms with Gasteiger partial charge in [-0.05, 0) is 48.0 Å². The largest absolute Gasteiger partial charge is 0.468 e. The summed E-state index contributed by atoms with van der Waals surface area (Å²) in [5.74, 6) is 3.05. The summed E-state index contributed by atoms with van der Waals surface area (Å²) in [5, 5.41) is 6.76. The molecular weight excluding hydrogens is 424 g/mol. The van der Waals surface area contributed by atoms with Gasteiger partial charge in [0.15, 0.2) is 11.5 Å². The van der Waals surface area contributed by atoms with E-state index < -0.39 is 0 Å². The smallest absolute Gasteiger partial charge is 0.251 e. The van der Waals surface area contributed by atoms with Crippen molar-refractivity contribution in [2.24, 2.45) is 0 Å². The number of nitrogens with zero attached hydrogens (tertiary/aromatic N) is 3. The fourth-order valence-corrected chi connectivity index (χ4v) is 3.62. The van der Waals surface area contributed by atoms with Gasteiger partial charge in [-0.1, -0.05) is 17.3 Å². The molecule has 0 aliphatic carbocycles. The Labute approximate surface area is 189 Å². The molecule has 0 spiro atoms. The highest BCUT2D eigenvalue weighted by molar-refractivity contribution is 5.93. The lowest BCUT2D eigenvalue weighted by Gasteiger charge is -2.19. The van der Waals surface area contributed by atoms with Crippen LogP contribution in [-0.4, -0.2) is 34.8 Å². The Morgan fingerprint density at radius 3 is 2.67 bits per heavy atom. The number of aromatic nitrogens is 2. The fourth-order valence-electron chi connectivity index (χ4n) is 3.62. The van der Waals surface area contributed by atoms with Crippen molar-refractivity contribution < 1.29 is 23.2 Å². The molecule has 0 fully saturated rings. The Balaban J connectivity index is 1.33. The van der Waals surface area contributed by atoms with Crippen LogP contribution in [0.4, 0.5) is 0 Å². The Kier molecular flexibility index (Phi) is 5.77. The molecule has 2 aromatic heterocycles. The molecule has 0 bridgehead atoms. The minimum atomic E-state index is -0.115. The molecule has 4 aromatic rings. The molecule has 1 N–H and O–H groups in total. The minimum absolute atomic E-state index is 0.115. The maximum Gasteiger partial charge on any atom is 0.251 e. The van der Waals surface area contributed by atoms with Crippen molar-refractivity contribution in [2.45, 2.75) is 19.6 Å². The van der Waals surface area contributed by atoms with Crippen LogP contribution in [0.25, 0.3) is 11.4 Å². The first kappa shape index (κ1) is 20.8. The van der Waals surface area contributed by atoms with Gasteiger partial charge in [0.2, 0.25) is 18.5 Å². The van der Waals surface area contributed by atoms with Gasteiger partial charge in [-0.3, -0.25) is 9.69 Å². The Morgan fingerprint density at radius 1 is 1.03 bits per heavy atom.